The van der Waals surface area contributed by atoms with E-state index in [4.69, 9.17) is 25.9 Å². The summed E-state index contributed by atoms with van der Waals surface area (Å²) in [7, 11) is 0. The zero-order valence-electron chi connectivity index (χ0n) is 13.2. The summed E-state index contributed by atoms with van der Waals surface area (Å²) in [5.74, 6) is -0.861. The molecule has 3 rings (SSSR count). The van der Waals surface area contributed by atoms with Gasteiger partial charge in [0.25, 0.3) is 0 Å². The zero-order valence-corrected chi connectivity index (χ0v) is 13.9. The number of benzene rings is 1. The average Bonchev–Trinajstić information content (AvgIpc) is 2.88. The first-order valence-corrected chi connectivity index (χ1v) is 7.81. The first-order chi connectivity index (χ1) is 12.0. The Morgan fingerprint density at radius 3 is 2.80 bits per heavy atom. The Kier molecular flexibility index (Phi) is 4.71. The quantitative estimate of drug-likeness (QED) is 0.717. The molecule has 1 atom stereocenters. The highest BCUT2D eigenvalue weighted by Gasteiger charge is 2.17. The zero-order chi connectivity index (χ0) is 18.0. The summed E-state index contributed by atoms with van der Waals surface area (Å²) < 4.78 is 12.1. The lowest BCUT2D eigenvalue weighted by Crippen LogP contribution is -2.16. The lowest BCUT2D eigenvalue weighted by Gasteiger charge is -2.14. The number of carbonyl (C=O) groups is 1. The SMILES string of the molecule is C[C@@H](Oc1cc2oc(=O)n(CCC(=O)O)c2cc1Cl)c1ncccn1. The second kappa shape index (κ2) is 6.94. The second-order valence-corrected chi connectivity index (χ2v) is 5.69. The van der Waals surface area contributed by atoms with Gasteiger partial charge in [-0.05, 0) is 19.1 Å². The van der Waals surface area contributed by atoms with Crippen LogP contribution in [0.3, 0.4) is 0 Å². The maximum atomic E-state index is 11.9. The Morgan fingerprint density at radius 2 is 2.12 bits per heavy atom. The molecular formula is C16H14ClN3O5. The fourth-order valence-electron chi connectivity index (χ4n) is 2.34. The van der Waals surface area contributed by atoms with Gasteiger partial charge in [0.05, 0.1) is 17.0 Å². The van der Waals surface area contributed by atoms with Crippen molar-refractivity contribution in [2.45, 2.75) is 26.0 Å². The molecule has 0 amide bonds. The van der Waals surface area contributed by atoms with Crippen molar-refractivity contribution in [2.75, 3.05) is 0 Å². The first-order valence-electron chi connectivity index (χ1n) is 7.44. The molecule has 0 unspecified atom stereocenters. The smallest absolute Gasteiger partial charge is 0.419 e. The molecule has 0 aliphatic heterocycles. The largest absolute Gasteiger partial charge is 0.481 e. The average molecular weight is 364 g/mol. The number of fused-ring (bicyclic) bond motifs is 1. The molecule has 0 spiro atoms. The minimum atomic E-state index is -1.01. The van der Waals surface area contributed by atoms with E-state index in [2.05, 4.69) is 9.97 Å². The number of aliphatic carboxylic acids is 1. The van der Waals surface area contributed by atoms with Crippen molar-refractivity contribution in [3.8, 4) is 5.75 Å². The van der Waals surface area contributed by atoms with E-state index in [1.165, 1.54) is 16.7 Å². The standard InChI is InChI=1S/C16H14ClN3O5/c1-9(15-18-4-2-5-19-15)24-12-8-13-11(7-10(12)17)20(16(23)25-13)6-3-14(21)22/h2,4-5,7-9H,3,6H2,1H3,(H,21,22)/t9-/m1/s1. The minimum Gasteiger partial charge on any atom is -0.481 e. The molecule has 0 aliphatic carbocycles. The van der Waals surface area contributed by atoms with E-state index in [-0.39, 0.29) is 23.6 Å². The fraction of sp³-hybridized carbons (Fsp3) is 0.250. The molecule has 2 aromatic heterocycles. The molecule has 8 nitrogen and oxygen atoms in total. The summed E-state index contributed by atoms with van der Waals surface area (Å²) in [6.07, 6.45) is 2.55. The summed E-state index contributed by atoms with van der Waals surface area (Å²) in [6.45, 7) is 1.76. The van der Waals surface area contributed by atoms with E-state index in [0.29, 0.717) is 17.1 Å². The van der Waals surface area contributed by atoms with Gasteiger partial charge < -0.3 is 14.3 Å². The predicted molar refractivity (Wildman–Crippen MR) is 88.8 cm³/mol. The maximum absolute atomic E-state index is 11.9. The van der Waals surface area contributed by atoms with Gasteiger partial charge in [0.15, 0.2) is 17.5 Å². The highest BCUT2D eigenvalue weighted by molar-refractivity contribution is 6.32. The summed E-state index contributed by atoms with van der Waals surface area (Å²) in [6, 6.07) is 4.71. The van der Waals surface area contributed by atoms with Crippen molar-refractivity contribution in [2.24, 2.45) is 0 Å². The van der Waals surface area contributed by atoms with Crippen LogP contribution in [0.5, 0.6) is 5.75 Å². The van der Waals surface area contributed by atoms with E-state index in [1.54, 1.807) is 25.4 Å². The van der Waals surface area contributed by atoms with Gasteiger partial charge >= 0.3 is 11.7 Å². The van der Waals surface area contributed by atoms with Crippen molar-refractivity contribution >= 4 is 28.7 Å². The topological polar surface area (TPSA) is 107 Å². The second-order valence-electron chi connectivity index (χ2n) is 5.28. The minimum absolute atomic E-state index is 0.00798. The number of carboxylic acid groups (broad SMARTS) is 1. The normalized spacial score (nSPS) is 12.2. The summed E-state index contributed by atoms with van der Waals surface area (Å²) in [5.41, 5.74) is 0.670. The molecule has 0 aliphatic rings. The molecule has 0 radical (unpaired) electrons. The van der Waals surface area contributed by atoms with Crippen LogP contribution in [-0.4, -0.2) is 25.6 Å². The number of rotatable bonds is 6. The van der Waals surface area contributed by atoms with Crippen molar-refractivity contribution in [3.63, 3.8) is 0 Å². The first kappa shape index (κ1) is 17.0. The lowest BCUT2D eigenvalue weighted by molar-refractivity contribution is -0.137. The van der Waals surface area contributed by atoms with Crippen LogP contribution in [0, 0.1) is 0 Å². The molecule has 0 bridgehead atoms. The Hall–Kier alpha value is -2.87. The van der Waals surface area contributed by atoms with E-state index in [9.17, 15) is 9.59 Å². The van der Waals surface area contributed by atoms with Gasteiger partial charge in [-0.3, -0.25) is 9.36 Å². The highest BCUT2D eigenvalue weighted by atomic mass is 35.5. The Bertz CT molecular complexity index is 967. The molecule has 0 saturated heterocycles. The Labute approximate surface area is 146 Å². The third kappa shape index (κ3) is 3.63. The number of hydrogen-bond donors (Lipinski definition) is 1. The van der Waals surface area contributed by atoms with Gasteiger partial charge in [-0.15, -0.1) is 0 Å². The molecule has 130 valence electrons. The summed E-state index contributed by atoms with van der Waals surface area (Å²) in [5, 5.41) is 9.04. The number of oxazole rings is 1. The van der Waals surface area contributed by atoms with Crippen LogP contribution >= 0.6 is 11.6 Å². The Morgan fingerprint density at radius 1 is 1.40 bits per heavy atom. The number of hydrogen-bond acceptors (Lipinski definition) is 6. The molecule has 25 heavy (non-hydrogen) atoms. The van der Waals surface area contributed by atoms with Gasteiger partial charge in [0.1, 0.15) is 5.75 Å². The van der Waals surface area contributed by atoms with E-state index < -0.39 is 17.8 Å². The molecule has 1 N–H and O–H groups in total. The summed E-state index contributed by atoms with van der Waals surface area (Å²) in [4.78, 5) is 30.9. The third-order valence-electron chi connectivity index (χ3n) is 3.52. The molecular weight excluding hydrogens is 350 g/mol. The molecule has 0 fully saturated rings. The maximum Gasteiger partial charge on any atom is 0.419 e. The monoisotopic (exact) mass is 363 g/mol. The number of ether oxygens (including phenoxy) is 1. The molecule has 9 heteroatoms. The van der Waals surface area contributed by atoms with E-state index in [1.807, 2.05) is 0 Å². The van der Waals surface area contributed by atoms with Crippen LogP contribution in [0.25, 0.3) is 11.1 Å². The van der Waals surface area contributed by atoms with Gasteiger partial charge in [-0.25, -0.2) is 14.8 Å². The van der Waals surface area contributed by atoms with Gasteiger partial charge in [-0.2, -0.15) is 0 Å². The van der Waals surface area contributed by atoms with Crippen LogP contribution in [0.4, 0.5) is 0 Å². The van der Waals surface area contributed by atoms with E-state index in [0.717, 1.165) is 0 Å². The van der Waals surface area contributed by atoms with Crippen molar-refractivity contribution in [3.05, 3.63) is 52.0 Å². The van der Waals surface area contributed by atoms with Gasteiger partial charge in [0, 0.05) is 25.0 Å². The van der Waals surface area contributed by atoms with Crippen molar-refractivity contribution in [1.29, 1.82) is 0 Å². The molecule has 0 saturated carbocycles. The number of halogens is 1. The van der Waals surface area contributed by atoms with Gasteiger partial charge in [0.2, 0.25) is 0 Å². The van der Waals surface area contributed by atoms with Crippen LogP contribution in [0.2, 0.25) is 5.02 Å². The molecule has 2 heterocycles. The van der Waals surface area contributed by atoms with Crippen LogP contribution in [0.1, 0.15) is 25.3 Å². The summed E-state index contributed by atoms with van der Waals surface area (Å²) >= 11 is 6.24. The number of aryl methyl sites for hydroxylation is 1. The van der Waals surface area contributed by atoms with Crippen LogP contribution in [0.15, 0.2) is 39.8 Å². The van der Waals surface area contributed by atoms with Gasteiger partial charge in [-0.1, -0.05) is 11.6 Å². The van der Waals surface area contributed by atoms with Crippen LogP contribution in [-0.2, 0) is 11.3 Å². The Balaban J connectivity index is 1.92. The lowest BCUT2D eigenvalue weighted by atomic mass is 10.3. The predicted octanol–water partition coefficient (Wildman–Crippen LogP) is 2.65. The van der Waals surface area contributed by atoms with Crippen molar-refractivity contribution in [1.82, 2.24) is 14.5 Å². The highest BCUT2D eigenvalue weighted by Crippen LogP contribution is 2.32. The third-order valence-corrected chi connectivity index (χ3v) is 3.82. The number of nitrogens with zero attached hydrogens (tertiary/aromatic N) is 3. The molecule has 3 aromatic rings. The fourth-order valence-corrected chi connectivity index (χ4v) is 2.54. The number of carboxylic acids is 1. The molecule has 1 aromatic carbocycles. The van der Waals surface area contributed by atoms with Crippen LogP contribution < -0.4 is 10.5 Å². The number of aromatic nitrogens is 3. The van der Waals surface area contributed by atoms with Crippen molar-refractivity contribution < 1.29 is 19.1 Å². The van der Waals surface area contributed by atoms with E-state index >= 15 is 0 Å².